The molecule has 0 unspecified atom stereocenters. The number of aromatic nitrogens is 1. The third-order valence-electron chi connectivity index (χ3n) is 5.12. The average Bonchev–Trinajstić information content (AvgIpc) is 3.11. The third kappa shape index (κ3) is 3.58. The Balaban J connectivity index is 1.58. The maximum absolute atomic E-state index is 12.5. The minimum atomic E-state index is -0.357. The largest absolute Gasteiger partial charge is 0.492 e. The van der Waals surface area contributed by atoms with Crippen LogP contribution in [-0.2, 0) is 20.5 Å². The number of thiazole rings is 1. The zero-order valence-electron chi connectivity index (χ0n) is 14.9. The van der Waals surface area contributed by atoms with Crippen molar-refractivity contribution in [1.29, 1.82) is 0 Å². The first-order chi connectivity index (χ1) is 11.3. The highest BCUT2D eigenvalue weighted by molar-refractivity contribution is 7.09. The molecule has 1 aromatic rings. The summed E-state index contributed by atoms with van der Waals surface area (Å²) in [6, 6.07) is 0. The van der Waals surface area contributed by atoms with E-state index in [2.05, 4.69) is 11.1 Å². The topological polar surface area (TPSA) is 51.7 Å². The van der Waals surface area contributed by atoms with Crippen LogP contribution in [0.5, 0.6) is 0 Å². The molecule has 0 saturated carbocycles. The summed E-state index contributed by atoms with van der Waals surface area (Å²) in [5.41, 5.74) is 0.355. The fraction of sp³-hybridized carbons (Fsp3) is 0.647. The van der Waals surface area contributed by atoms with Gasteiger partial charge in [0.05, 0.1) is 16.2 Å². The number of hydrogen-bond donors (Lipinski definition) is 0. The summed E-state index contributed by atoms with van der Waals surface area (Å²) in [6.07, 6.45) is 6.01. The lowest BCUT2D eigenvalue weighted by atomic mass is 9.76. The molecule has 0 aliphatic carbocycles. The molecule has 1 fully saturated rings. The van der Waals surface area contributed by atoms with E-state index in [-0.39, 0.29) is 24.2 Å². The molecule has 0 atom stereocenters. The summed E-state index contributed by atoms with van der Waals surface area (Å²) in [5.74, 6) is 0.173. The van der Waals surface area contributed by atoms with E-state index < -0.39 is 0 Å². The van der Waals surface area contributed by atoms with Gasteiger partial charge in [-0.25, -0.2) is 4.98 Å². The van der Waals surface area contributed by atoms with Crippen molar-refractivity contribution in [3.63, 3.8) is 0 Å². The van der Waals surface area contributed by atoms with Crippen LogP contribution in [0.15, 0.2) is 23.1 Å². The standard InChI is InChI=1S/C17H25BN2O3S/c1-16(2)17(3,4)23-18(22-16)13-6-5-10-20(12-13)15(21)8-7-14-19-9-11-24-14/h6,9,11H,5,7-8,10,12H2,1-4H3. The van der Waals surface area contributed by atoms with Gasteiger partial charge in [-0.05, 0) is 39.6 Å². The monoisotopic (exact) mass is 348 g/mol. The smallest absolute Gasteiger partial charge is 0.400 e. The molecule has 1 amide bonds. The predicted molar refractivity (Wildman–Crippen MR) is 95.8 cm³/mol. The molecular weight excluding hydrogens is 323 g/mol. The second kappa shape index (κ2) is 6.62. The molecule has 3 rings (SSSR count). The summed E-state index contributed by atoms with van der Waals surface area (Å²) in [6.45, 7) is 9.55. The van der Waals surface area contributed by atoms with Gasteiger partial charge >= 0.3 is 7.12 Å². The van der Waals surface area contributed by atoms with Crippen LogP contribution >= 0.6 is 11.3 Å². The zero-order chi connectivity index (χ0) is 17.4. The number of carbonyl (C=O) groups excluding carboxylic acids is 1. The van der Waals surface area contributed by atoms with Gasteiger partial charge in [-0.1, -0.05) is 6.08 Å². The van der Waals surface area contributed by atoms with Crippen molar-refractivity contribution in [3.05, 3.63) is 28.1 Å². The van der Waals surface area contributed by atoms with E-state index >= 15 is 0 Å². The molecule has 7 heteroatoms. The molecule has 2 aliphatic rings. The molecule has 0 aromatic carbocycles. The average molecular weight is 348 g/mol. The first-order valence-electron chi connectivity index (χ1n) is 8.49. The Kier molecular flexibility index (Phi) is 4.86. The maximum Gasteiger partial charge on any atom is 0.492 e. The van der Waals surface area contributed by atoms with Crippen molar-refractivity contribution in [2.24, 2.45) is 0 Å². The van der Waals surface area contributed by atoms with Crippen molar-refractivity contribution in [2.75, 3.05) is 13.1 Å². The normalized spacial score (nSPS) is 22.6. The zero-order valence-corrected chi connectivity index (χ0v) is 15.7. The maximum atomic E-state index is 12.5. The lowest BCUT2D eigenvalue weighted by Gasteiger charge is -2.32. The van der Waals surface area contributed by atoms with Crippen molar-refractivity contribution in [1.82, 2.24) is 9.88 Å². The second-order valence-corrected chi connectivity index (χ2v) is 8.38. The fourth-order valence-electron chi connectivity index (χ4n) is 2.90. The summed E-state index contributed by atoms with van der Waals surface area (Å²) < 4.78 is 12.2. The minimum Gasteiger partial charge on any atom is -0.400 e. The number of carbonyl (C=O) groups is 1. The first-order valence-corrected chi connectivity index (χ1v) is 9.37. The highest BCUT2D eigenvalue weighted by Crippen LogP contribution is 2.39. The van der Waals surface area contributed by atoms with Crippen molar-refractivity contribution < 1.29 is 14.1 Å². The molecule has 5 nitrogen and oxygen atoms in total. The molecule has 0 radical (unpaired) electrons. The highest BCUT2D eigenvalue weighted by atomic mass is 32.1. The molecule has 130 valence electrons. The van der Waals surface area contributed by atoms with Gasteiger partial charge in [0, 0.05) is 37.5 Å². The van der Waals surface area contributed by atoms with Gasteiger partial charge in [0.2, 0.25) is 5.91 Å². The van der Waals surface area contributed by atoms with Crippen molar-refractivity contribution in [2.45, 2.75) is 58.2 Å². The number of nitrogens with zero attached hydrogens (tertiary/aromatic N) is 2. The Labute approximate surface area is 148 Å². The summed E-state index contributed by atoms with van der Waals surface area (Å²) >= 11 is 1.60. The third-order valence-corrected chi connectivity index (χ3v) is 5.96. The first kappa shape index (κ1) is 17.6. The Morgan fingerprint density at radius 2 is 2.04 bits per heavy atom. The van der Waals surface area contributed by atoms with E-state index in [4.69, 9.17) is 9.31 Å². The summed E-state index contributed by atoms with van der Waals surface area (Å²) in [4.78, 5) is 18.7. The lowest BCUT2D eigenvalue weighted by molar-refractivity contribution is -0.130. The molecule has 0 bridgehead atoms. The Bertz CT molecular complexity index is 612. The predicted octanol–water partition coefficient (Wildman–Crippen LogP) is 2.87. The van der Waals surface area contributed by atoms with Crippen LogP contribution in [0.3, 0.4) is 0 Å². The number of aryl methyl sites for hydroxylation is 1. The Morgan fingerprint density at radius 1 is 1.33 bits per heavy atom. The van der Waals surface area contributed by atoms with Gasteiger partial charge in [-0.2, -0.15) is 0 Å². The van der Waals surface area contributed by atoms with E-state index in [9.17, 15) is 4.79 Å². The van der Waals surface area contributed by atoms with Crippen LogP contribution in [0.4, 0.5) is 0 Å². The summed E-state index contributed by atoms with van der Waals surface area (Å²) in [5, 5.41) is 2.96. The molecule has 1 saturated heterocycles. The van der Waals surface area contributed by atoms with E-state index in [0.29, 0.717) is 19.4 Å². The van der Waals surface area contributed by atoms with Gasteiger partial charge in [-0.15, -0.1) is 11.3 Å². The van der Waals surface area contributed by atoms with Gasteiger partial charge in [0.25, 0.3) is 0 Å². The van der Waals surface area contributed by atoms with E-state index in [0.717, 1.165) is 23.4 Å². The van der Waals surface area contributed by atoms with Crippen LogP contribution in [0, 0.1) is 0 Å². The van der Waals surface area contributed by atoms with Gasteiger partial charge in [-0.3, -0.25) is 4.79 Å². The molecule has 1 aromatic heterocycles. The Morgan fingerprint density at radius 3 is 2.67 bits per heavy atom. The number of rotatable bonds is 4. The SMILES string of the molecule is CC1(C)OB(C2=CCCN(C(=O)CCc3nccs3)C2)OC1(C)C. The number of amides is 1. The van der Waals surface area contributed by atoms with Gasteiger partial charge in [0.15, 0.2) is 0 Å². The molecule has 3 heterocycles. The quantitative estimate of drug-likeness (QED) is 0.785. The molecule has 0 spiro atoms. The van der Waals surface area contributed by atoms with Gasteiger partial charge in [0.1, 0.15) is 0 Å². The highest BCUT2D eigenvalue weighted by Gasteiger charge is 2.52. The van der Waals surface area contributed by atoms with Gasteiger partial charge < -0.3 is 14.2 Å². The van der Waals surface area contributed by atoms with E-state index in [1.807, 2.05) is 38.0 Å². The Hall–Kier alpha value is -1.18. The van der Waals surface area contributed by atoms with Crippen molar-refractivity contribution in [3.8, 4) is 0 Å². The molecule has 2 aliphatic heterocycles. The molecule has 0 N–H and O–H groups in total. The molecular formula is C17H25BN2O3S. The van der Waals surface area contributed by atoms with Crippen LogP contribution in [0.1, 0.15) is 45.5 Å². The minimum absolute atomic E-state index is 0.173. The summed E-state index contributed by atoms with van der Waals surface area (Å²) in [7, 11) is -0.357. The van der Waals surface area contributed by atoms with Crippen LogP contribution in [-0.4, -0.2) is 47.2 Å². The van der Waals surface area contributed by atoms with E-state index in [1.165, 1.54) is 0 Å². The van der Waals surface area contributed by atoms with Crippen molar-refractivity contribution >= 4 is 24.4 Å². The molecule has 24 heavy (non-hydrogen) atoms. The lowest BCUT2D eigenvalue weighted by Crippen LogP contribution is -2.41. The van der Waals surface area contributed by atoms with E-state index in [1.54, 1.807) is 17.5 Å². The number of hydrogen-bond acceptors (Lipinski definition) is 5. The fourth-order valence-corrected chi connectivity index (χ4v) is 3.52. The van der Waals surface area contributed by atoms with Crippen LogP contribution in [0.2, 0.25) is 0 Å². The second-order valence-electron chi connectivity index (χ2n) is 7.40. The van der Waals surface area contributed by atoms with Crippen LogP contribution < -0.4 is 0 Å². The van der Waals surface area contributed by atoms with Crippen LogP contribution in [0.25, 0.3) is 0 Å².